The van der Waals surface area contributed by atoms with Crippen molar-refractivity contribution >= 4 is 34.8 Å². The van der Waals surface area contributed by atoms with E-state index in [1.807, 2.05) is 55.5 Å². The number of rotatable bonds is 8. The Balaban J connectivity index is 1.73. The molecule has 5 nitrogen and oxygen atoms in total. The highest BCUT2D eigenvalue weighted by atomic mass is 35.5. The molecule has 2 aromatic carbocycles. The normalized spacial score (nSPS) is 11.7. The van der Waals surface area contributed by atoms with Gasteiger partial charge in [-0.3, -0.25) is 9.59 Å². The quantitative estimate of drug-likeness (QED) is 0.495. The van der Waals surface area contributed by atoms with Crippen LogP contribution in [0.1, 0.15) is 33.6 Å². The monoisotopic (exact) mass is 442 g/mol. The molecule has 3 aromatic rings. The zero-order chi connectivity index (χ0) is 21.5. The molecule has 0 aliphatic rings. The van der Waals surface area contributed by atoms with Gasteiger partial charge in [-0.1, -0.05) is 48.0 Å². The number of aryl methyl sites for hydroxylation is 1. The van der Waals surface area contributed by atoms with Crippen LogP contribution in [0, 0.1) is 6.92 Å². The average Bonchev–Trinajstić information content (AvgIpc) is 3.15. The molecule has 0 aliphatic heterocycles. The molecule has 1 N–H and O–H groups in total. The van der Waals surface area contributed by atoms with Crippen molar-refractivity contribution in [2.45, 2.75) is 32.7 Å². The van der Waals surface area contributed by atoms with E-state index in [9.17, 15) is 9.59 Å². The summed E-state index contributed by atoms with van der Waals surface area (Å²) in [5, 5.41) is 4.46. The van der Waals surface area contributed by atoms with Crippen molar-refractivity contribution in [3.05, 3.63) is 75.2 Å². The molecule has 1 unspecified atom stereocenters. The van der Waals surface area contributed by atoms with Crippen LogP contribution >= 0.6 is 22.9 Å². The Labute approximate surface area is 185 Å². The van der Waals surface area contributed by atoms with Crippen LogP contribution < -0.4 is 5.32 Å². The first-order chi connectivity index (χ1) is 14.4. The minimum absolute atomic E-state index is 0.105. The van der Waals surface area contributed by atoms with E-state index < -0.39 is 0 Å². The van der Waals surface area contributed by atoms with Crippen molar-refractivity contribution in [1.82, 2.24) is 10.3 Å². The Kier molecular flexibility index (Phi) is 7.60. The molecule has 3 rings (SSSR count). The van der Waals surface area contributed by atoms with Crippen molar-refractivity contribution in [2.24, 2.45) is 0 Å². The molecule has 156 valence electrons. The summed E-state index contributed by atoms with van der Waals surface area (Å²) in [6.07, 6.45) is 2.17. The summed E-state index contributed by atoms with van der Waals surface area (Å²) in [5.74, 6) is -0.565. The Bertz CT molecular complexity index is 1020. The molecule has 0 bridgehead atoms. The number of ether oxygens (including phenoxy) is 1. The highest BCUT2D eigenvalue weighted by molar-refractivity contribution is 7.13. The first-order valence-electron chi connectivity index (χ1n) is 9.68. The lowest BCUT2D eigenvalue weighted by atomic mass is 9.99. The van der Waals surface area contributed by atoms with E-state index >= 15 is 0 Å². The van der Waals surface area contributed by atoms with Crippen LogP contribution in [0.5, 0.6) is 0 Å². The Hall–Kier alpha value is -2.70. The zero-order valence-electron chi connectivity index (χ0n) is 16.9. The van der Waals surface area contributed by atoms with Gasteiger partial charge < -0.3 is 10.1 Å². The van der Waals surface area contributed by atoms with Crippen LogP contribution in [0.15, 0.2) is 54.7 Å². The van der Waals surface area contributed by atoms with Gasteiger partial charge in [0.1, 0.15) is 4.88 Å². The van der Waals surface area contributed by atoms with Gasteiger partial charge in [0.2, 0.25) is 0 Å². The van der Waals surface area contributed by atoms with Crippen LogP contribution in [0.4, 0.5) is 0 Å². The summed E-state index contributed by atoms with van der Waals surface area (Å²) in [7, 11) is 0. The number of halogens is 1. The lowest BCUT2D eigenvalue weighted by molar-refractivity contribution is -0.143. The van der Waals surface area contributed by atoms with Gasteiger partial charge in [-0.05, 0) is 49.1 Å². The fourth-order valence-electron chi connectivity index (χ4n) is 3.10. The number of esters is 1. The summed E-state index contributed by atoms with van der Waals surface area (Å²) in [4.78, 5) is 29.3. The van der Waals surface area contributed by atoms with E-state index in [0.29, 0.717) is 22.9 Å². The van der Waals surface area contributed by atoms with Crippen LogP contribution in [-0.4, -0.2) is 29.5 Å². The fourth-order valence-corrected chi connectivity index (χ4v) is 3.98. The molecule has 0 saturated heterocycles. The first-order valence-corrected chi connectivity index (χ1v) is 10.9. The summed E-state index contributed by atoms with van der Waals surface area (Å²) < 4.78 is 5.08. The number of thiazole rings is 1. The number of carbonyl (C=O) groups is 2. The third-order valence-corrected chi connectivity index (χ3v) is 5.64. The molecule has 7 heteroatoms. The minimum atomic E-state index is -0.379. The third kappa shape index (κ3) is 6.15. The van der Waals surface area contributed by atoms with Crippen LogP contribution in [-0.2, 0) is 16.0 Å². The van der Waals surface area contributed by atoms with Crippen molar-refractivity contribution in [3.63, 3.8) is 0 Å². The molecule has 1 heterocycles. The van der Waals surface area contributed by atoms with Crippen molar-refractivity contribution < 1.29 is 14.3 Å². The lowest BCUT2D eigenvalue weighted by Crippen LogP contribution is -2.38. The fraction of sp³-hybridized carbons (Fsp3) is 0.261. The predicted molar refractivity (Wildman–Crippen MR) is 120 cm³/mol. The Morgan fingerprint density at radius 2 is 1.93 bits per heavy atom. The number of nitrogens with zero attached hydrogens (tertiary/aromatic N) is 1. The second kappa shape index (κ2) is 10.4. The van der Waals surface area contributed by atoms with Gasteiger partial charge in [-0.2, -0.15) is 0 Å². The largest absolute Gasteiger partial charge is 0.466 e. The van der Waals surface area contributed by atoms with Gasteiger partial charge in [0.05, 0.1) is 24.2 Å². The number of hydrogen-bond donors (Lipinski definition) is 1. The van der Waals surface area contributed by atoms with Crippen LogP contribution in [0.3, 0.4) is 0 Å². The van der Waals surface area contributed by atoms with Crippen LogP contribution in [0.25, 0.3) is 11.1 Å². The Morgan fingerprint density at radius 3 is 2.57 bits per heavy atom. The van der Waals surface area contributed by atoms with Gasteiger partial charge in [0, 0.05) is 11.1 Å². The molecule has 0 aliphatic carbocycles. The smallest absolute Gasteiger partial charge is 0.307 e. The molecule has 1 amide bonds. The van der Waals surface area contributed by atoms with E-state index in [-0.39, 0.29) is 24.3 Å². The van der Waals surface area contributed by atoms with Gasteiger partial charge in [0.15, 0.2) is 0 Å². The minimum Gasteiger partial charge on any atom is -0.466 e. The molecule has 0 fully saturated rings. The highest BCUT2D eigenvalue weighted by Crippen LogP contribution is 2.23. The van der Waals surface area contributed by atoms with Crippen LogP contribution in [0.2, 0.25) is 5.02 Å². The van der Waals surface area contributed by atoms with Gasteiger partial charge in [-0.15, -0.1) is 11.3 Å². The Morgan fingerprint density at radius 1 is 1.17 bits per heavy atom. The van der Waals surface area contributed by atoms with E-state index in [0.717, 1.165) is 21.7 Å². The van der Waals surface area contributed by atoms with Gasteiger partial charge in [-0.25, -0.2) is 4.98 Å². The van der Waals surface area contributed by atoms with E-state index in [4.69, 9.17) is 16.3 Å². The maximum Gasteiger partial charge on any atom is 0.307 e. The number of benzene rings is 2. The summed E-state index contributed by atoms with van der Waals surface area (Å²) >= 11 is 7.41. The number of hydrogen-bond acceptors (Lipinski definition) is 5. The van der Waals surface area contributed by atoms with Gasteiger partial charge >= 0.3 is 5.97 Å². The molecule has 30 heavy (non-hydrogen) atoms. The lowest BCUT2D eigenvalue weighted by Gasteiger charge is -2.18. The SMILES string of the molecule is CCOC(=O)CC(Cc1ccc(-c2cccc(Cl)c2)cc1)NC(=O)c1cnc(C)s1. The molecule has 0 spiro atoms. The average molecular weight is 443 g/mol. The second-order valence-electron chi connectivity index (χ2n) is 6.83. The van der Waals surface area contributed by atoms with E-state index in [2.05, 4.69) is 10.3 Å². The van der Waals surface area contributed by atoms with E-state index in [1.165, 1.54) is 11.3 Å². The van der Waals surface area contributed by atoms with Crippen molar-refractivity contribution in [3.8, 4) is 11.1 Å². The molecule has 0 radical (unpaired) electrons. The van der Waals surface area contributed by atoms with E-state index in [1.54, 1.807) is 13.1 Å². The maximum absolute atomic E-state index is 12.6. The topological polar surface area (TPSA) is 68.3 Å². The molecule has 1 atom stereocenters. The second-order valence-corrected chi connectivity index (χ2v) is 8.51. The first kappa shape index (κ1) is 22.0. The summed E-state index contributed by atoms with van der Waals surface area (Å²) in [5.41, 5.74) is 3.09. The number of amides is 1. The number of carbonyl (C=O) groups excluding carboxylic acids is 2. The number of nitrogens with one attached hydrogen (secondary N) is 1. The predicted octanol–water partition coefficient (Wildman–Crippen LogP) is 5.07. The molecular weight excluding hydrogens is 420 g/mol. The zero-order valence-corrected chi connectivity index (χ0v) is 18.4. The molecule has 1 aromatic heterocycles. The standard InChI is InChI=1S/C23H23ClN2O3S/c1-3-29-22(27)13-20(26-23(28)21-14-25-15(2)30-21)11-16-7-9-17(10-8-16)18-5-4-6-19(24)12-18/h4-10,12,14,20H,3,11,13H2,1-2H3,(H,26,28). The summed E-state index contributed by atoms with van der Waals surface area (Å²) in [6, 6.07) is 15.3. The van der Waals surface area contributed by atoms with Gasteiger partial charge in [0.25, 0.3) is 5.91 Å². The molecular formula is C23H23ClN2O3S. The number of aromatic nitrogens is 1. The van der Waals surface area contributed by atoms with Crippen molar-refractivity contribution in [1.29, 1.82) is 0 Å². The highest BCUT2D eigenvalue weighted by Gasteiger charge is 2.20. The third-order valence-electron chi connectivity index (χ3n) is 4.49. The summed E-state index contributed by atoms with van der Waals surface area (Å²) in [6.45, 7) is 3.92. The molecule has 0 saturated carbocycles. The van der Waals surface area contributed by atoms with Crippen molar-refractivity contribution in [2.75, 3.05) is 6.61 Å². The maximum atomic E-state index is 12.6.